The minimum absolute atomic E-state index is 0.106. The van der Waals surface area contributed by atoms with E-state index in [1.165, 1.54) is 0 Å². The first-order valence-electron chi connectivity index (χ1n) is 3.50. The summed E-state index contributed by atoms with van der Waals surface area (Å²) in [4.78, 5) is 0. The van der Waals surface area contributed by atoms with E-state index < -0.39 is 27.5 Å². The molecular formula is C5H5F3N3O3S. The second-order valence-electron chi connectivity index (χ2n) is 2.61. The van der Waals surface area contributed by atoms with Crippen LogP contribution in [0.4, 0.5) is 13.2 Å². The van der Waals surface area contributed by atoms with Gasteiger partial charge in [-0.3, -0.25) is 9.12 Å². The zero-order valence-corrected chi connectivity index (χ0v) is 8.04. The van der Waals surface area contributed by atoms with Gasteiger partial charge in [-0.25, -0.2) is 0 Å². The SMILES string of the molecule is CC(n1[c]nnc1C(F)(F)F)S(=O)(=O)O. The van der Waals surface area contributed by atoms with Crippen LogP contribution in [0.1, 0.15) is 18.1 Å². The predicted octanol–water partition coefficient (Wildman–Crippen LogP) is 0.503. The third-order valence-electron chi connectivity index (χ3n) is 1.57. The van der Waals surface area contributed by atoms with E-state index in [0.29, 0.717) is 0 Å². The van der Waals surface area contributed by atoms with E-state index in [-0.39, 0.29) is 4.57 Å². The topological polar surface area (TPSA) is 85.1 Å². The van der Waals surface area contributed by atoms with Crippen molar-refractivity contribution in [1.82, 2.24) is 14.8 Å². The fourth-order valence-corrected chi connectivity index (χ4v) is 1.21. The second-order valence-corrected chi connectivity index (χ2v) is 4.32. The minimum atomic E-state index is -4.86. The Balaban J connectivity index is 3.23. The zero-order valence-electron chi connectivity index (χ0n) is 7.22. The Labute approximate surface area is 82.5 Å². The molecule has 85 valence electrons. The Kier molecular flexibility index (Phi) is 2.74. The van der Waals surface area contributed by atoms with Crippen LogP contribution >= 0.6 is 0 Å². The van der Waals surface area contributed by atoms with Gasteiger partial charge in [0.15, 0.2) is 5.37 Å². The molecule has 0 amide bonds. The van der Waals surface area contributed by atoms with Gasteiger partial charge >= 0.3 is 6.18 Å². The molecule has 1 rings (SSSR count). The van der Waals surface area contributed by atoms with Crippen molar-refractivity contribution in [3.8, 4) is 0 Å². The molecule has 0 bridgehead atoms. The number of halogens is 3. The van der Waals surface area contributed by atoms with E-state index in [4.69, 9.17) is 4.55 Å². The van der Waals surface area contributed by atoms with Crippen LogP contribution in [-0.4, -0.2) is 27.7 Å². The predicted molar refractivity (Wildman–Crippen MR) is 40.1 cm³/mol. The quantitative estimate of drug-likeness (QED) is 0.766. The Morgan fingerprint density at radius 2 is 2.07 bits per heavy atom. The maximum Gasteiger partial charge on any atom is 0.451 e. The van der Waals surface area contributed by atoms with Crippen molar-refractivity contribution in [3.63, 3.8) is 0 Å². The lowest BCUT2D eigenvalue weighted by atomic mass is 10.5. The van der Waals surface area contributed by atoms with E-state index in [1.54, 1.807) is 6.33 Å². The molecule has 1 N–H and O–H groups in total. The third-order valence-corrected chi connectivity index (χ3v) is 2.65. The average molecular weight is 244 g/mol. The smallest absolute Gasteiger partial charge is 0.284 e. The fourth-order valence-electron chi connectivity index (χ4n) is 0.793. The summed E-state index contributed by atoms with van der Waals surface area (Å²) < 4.78 is 66.5. The highest BCUT2D eigenvalue weighted by atomic mass is 32.2. The van der Waals surface area contributed by atoms with Gasteiger partial charge in [0.1, 0.15) is 0 Å². The molecule has 15 heavy (non-hydrogen) atoms. The Morgan fingerprint density at radius 3 is 2.47 bits per heavy atom. The largest absolute Gasteiger partial charge is 0.451 e. The number of aromatic nitrogens is 3. The number of hydrogen-bond donors (Lipinski definition) is 1. The lowest BCUT2D eigenvalue weighted by Crippen LogP contribution is -2.22. The standard InChI is InChI=1S/C5H5F3N3O3S/c1-3(15(12,13)14)11-2-9-10-4(11)5(6,7)8/h3H,1H3,(H,12,13,14). The van der Waals surface area contributed by atoms with Gasteiger partial charge in [0.2, 0.25) is 12.2 Å². The molecule has 1 atom stereocenters. The van der Waals surface area contributed by atoms with Crippen LogP contribution in [0, 0.1) is 6.33 Å². The highest BCUT2D eigenvalue weighted by Crippen LogP contribution is 2.29. The molecule has 0 saturated carbocycles. The average Bonchev–Trinajstić information content (AvgIpc) is 2.47. The summed E-state index contributed by atoms with van der Waals surface area (Å²) in [6.07, 6.45) is -3.14. The molecule has 10 heteroatoms. The molecule has 0 spiro atoms. The minimum Gasteiger partial charge on any atom is -0.284 e. The van der Waals surface area contributed by atoms with Gasteiger partial charge in [-0.15, -0.1) is 10.2 Å². The summed E-state index contributed by atoms with van der Waals surface area (Å²) in [5.74, 6) is -1.53. The van der Waals surface area contributed by atoms with E-state index in [9.17, 15) is 21.6 Å². The molecule has 1 aromatic rings. The van der Waals surface area contributed by atoms with Crippen LogP contribution in [0.25, 0.3) is 0 Å². The van der Waals surface area contributed by atoms with Crippen molar-refractivity contribution in [1.29, 1.82) is 0 Å². The van der Waals surface area contributed by atoms with Crippen molar-refractivity contribution in [2.24, 2.45) is 0 Å². The number of rotatable bonds is 2. The van der Waals surface area contributed by atoms with E-state index in [0.717, 1.165) is 6.92 Å². The van der Waals surface area contributed by atoms with Crippen molar-refractivity contribution < 1.29 is 26.1 Å². The van der Waals surface area contributed by atoms with Gasteiger partial charge in [-0.05, 0) is 6.92 Å². The van der Waals surface area contributed by atoms with Crippen LogP contribution in [0.15, 0.2) is 0 Å². The van der Waals surface area contributed by atoms with Gasteiger partial charge in [0.25, 0.3) is 10.1 Å². The molecular weight excluding hydrogens is 239 g/mol. The number of nitrogens with zero attached hydrogens (tertiary/aromatic N) is 3. The molecule has 0 saturated heterocycles. The summed E-state index contributed by atoms with van der Waals surface area (Å²) >= 11 is 0. The molecule has 0 fully saturated rings. The van der Waals surface area contributed by atoms with E-state index >= 15 is 0 Å². The Hall–Kier alpha value is -1.16. The summed E-state index contributed by atoms with van der Waals surface area (Å²) in [5, 5.41) is 3.65. The molecule has 1 heterocycles. The first-order chi connectivity index (χ1) is 6.64. The summed E-state index contributed by atoms with van der Waals surface area (Å²) in [6.45, 7) is 0.852. The van der Waals surface area contributed by atoms with Crippen LogP contribution in [0.3, 0.4) is 0 Å². The molecule has 1 aromatic heterocycles. The molecule has 1 radical (unpaired) electrons. The summed E-state index contributed by atoms with van der Waals surface area (Å²) in [6, 6.07) is 0. The summed E-state index contributed by atoms with van der Waals surface area (Å²) in [5.41, 5.74) is 0. The maximum absolute atomic E-state index is 12.2. The molecule has 0 aromatic carbocycles. The molecule has 0 aliphatic carbocycles. The van der Waals surface area contributed by atoms with Gasteiger partial charge in [-0.2, -0.15) is 21.6 Å². The second kappa shape index (κ2) is 3.45. The first kappa shape index (κ1) is 11.9. The normalized spacial score (nSPS) is 15.3. The Bertz CT molecular complexity index is 452. The van der Waals surface area contributed by atoms with Crippen molar-refractivity contribution in [2.75, 3.05) is 0 Å². The Morgan fingerprint density at radius 1 is 1.53 bits per heavy atom. The zero-order chi connectivity index (χ0) is 11.9. The van der Waals surface area contributed by atoms with Gasteiger partial charge in [-0.1, -0.05) is 0 Å². The first-order valence-corrected chi connectivity index (χ1v) is 5.00. The lowest BCUT2D eigenvalue weighted by molar-refractivity contribution is -0.147. The van der Waals surface area contributed by atoms with Gasteiger partial charge in [0.05, 0.1) is 0 Å². The molecule has 1 unspecified atom stereocenters. The molecule has 6 nitrogen and oxygen atoms in total. The van der Waals surface area contributed by atoms with Crippen LogP contribution in [0.5, 0.6) is 0 Å². The van der Waals surface area contributed by atoms with E-state index in [1.807, 2.05) is 0 Å². The number of hydrogen-bond acceptors (Lipinski definition) is 4. The molecule has 0 aliphatic heterocycles. The van der Waals surface area contributed by atoms with Crippen molar-refractivity contribution >= 4 is 10.1 Å². The van der Waals surface area contributed by atoms with Gasteiger partial charge in [0, 0.05) is 0 Å². The van der Waals surface area contributed by atoms with Gasteiger partial charge < -0.3 is 0 Å². The maximum atomic E-state index is 12.2. The van der Waals surface area contributed by atoms with Crippen molar-refractivity contribution in [2.45, 2.75) is 18.5 Å². The van der Waals surface area contributed by atoms with E-state index in [2.05, 4.69) is 10.2 Å². The highest BCUT2D eigenvalue weighted by molar-refractivity contribution is 7.85. The third kappa shape index (κ3) is 2.45. The highest BCUT2D eigenvalue weighted by Gasteiger charge is 2.40. The van der Waals surface area contributed by atoms with Crippen molar-refractivity contribution in [3.05, 3.63) is 12.2 Å². The lowest BCUT2D eigenvalue weighted by Gasteiger charge is -2.12. The van der Waals surface area contributed by atoms with Crippen LogP contribution in [-0.2, 0) is 16.3 Å². The van der Waals surface area contributed by atoms with Crippen LogP contribution < -0.4 is 0 Å². The summed E-state index contributed by atoms with van der Waals surface area (Å²) in [7, 11) is -4.66. The monoisotopic (exact) mass is 244 g/mol. The fraction of sp³-hybridized carbons (Fsp3) is 0.600. The number of alkyl halides is 3. The molecule has 0 aliphatic rings. The van der Waals surface area contributed by atoms with Crippen LogP contribution in [0.2, 0.25) is 0 Å².